The Morgan fingerprint density at radius 1 is 1.29 bits per heavy atom. The smallest absolute Gasteiger partial charge is 0.228 e. The monoisotopic (exact) mass is 211 g/mol. The lowest BCUT2D eigenvalue weighted by Gasteiger charge is -2.63. The van der Waals surface area contributed by atoms with Gasteiger partial charge in [-0.15, -0.1) is 0 Å². The van der Waals surface area contributed by atoms with Gasteiger partial charge in [-0.05, 0) is 31.9 Å². The summed E-state index contributed by atoms with van der Waals surface area (Å²) in [6, 6.07) is 0.500. The van der Waals surface area contributed by atoms with Gasteiger partial charge in [0, 0.05) is 4.75 Å². The zero-order valence-electron chi connectivity index (χ0n) is 8.64. The maximum absolute atomic E-state index is 11.6. The number of amides is 1. The summed E-state index contributed by atoms with van der Waals surface area (Å²) in [5, 5.41) is 3.17. The van der Waals surface area contributed by atoms with Crippen LogP contribution >= 0.6 is 11.8 Å². The quantitative estimate of drug-likeness (QED) is 0.707. The number of carbonyl (C=O) groups is 1. The molecule has 78 valence electrons. The number of rotatable bonds is 2. The minimum Gasteiger partial charge on any atom is -0.350 e. The van der Waals surface area contributed by atoms with Gasteiger partial charge in [0.2, 0.25) is 5.91 Å². The summed E-state index contributed by atoms with van der Waals surface area (Å²) in [5.41, 5.74) is 0.0867. The topological polar surface area (TPSA) is 29.1 Å². The molecule has 3 rings (SSSR count). The molecule has 2 nitrogen and oxygen atoms in total. The number of carbonyl (C=O) groups excluding carboxylic acids is 1. The number of hydrogen-bond acceptors (Lipinski definition) is 2. The molecule has 2 saturated carbocycles. The Kier molecular flexibility index (Phi) is 1.74. The summed E-state index contributed by atoms with van der Waals surface area (Å²) in [6.07, 6.45) is 9.72. The van der Waals surface area contributed by atoms with Crippen molar-refractivity contribution in [3.05, 3.63) is 0 Å². The van der Waals surface area contributed by atoms with E-state index in [2.05, 4.69) is 11.6 Å². The minimum absolute atomic E-state index is 0.0867. The molecule has 3 fully saturated rings. The molecule has 0 aromatic heterocycles. The van der Waals surface area contributed by atoms with Crippen molar-refractivity contribution in [2.45, 2.75) is 49.3 Å². The van der Waals surface area contributed by atoms with E-state index in [-0.39, 0.29) is 5.41 Å². The van der Waals surface area contributed by atoms with E-state index < -0.39 is 0 Å². The van der Waals surface area contributed by atoms with Crippen LogP contribution in [0.3, 0.4) is 0 Å². The molecule has 1 unspecified atom stereocenters. The highest BCUT2D eigenvalue weighted by Crippen LogP contribution is 2.59. The molecular formula is C11H17NOS. The molecule has 1 spiro atoms. The van der Waals surface area contributed by atoms with Crippen molar-refractivity contribution >= 4 is 17.7 Å². The first-order chi connectivity index (χ1) is 6.73. The fourth-order valence-corrected chi connectivity index (χ4v) is 4.53. The molecular weight excluding hydrogens is 194 g/mol. The Balaban J connectivity index is 1.83. The van der Waals surface area contributed by atoms with E-state index >= 15 is 0 Å². The van der Waals surface area contributed by atoms with Crippen molar-refractivity contribution in [1.82, 2.24) is 5.32 Å². The number of thioether (sulfide) groups is 1. The number of nitrogens with one attached hydrogen (secondary N) is 1. The third-order valence-electron chi connectivity index (χ3n) is 4.66. The van der Waals surface area contributed by atoms with E-state index in [1.165, 1.54) is 25.7 Å². The molecule has 1 saturated heterocycles. The predicted octanol–water partition coefficient (Wildman–Crippen LogP) is 1.94. The van der Waals surface area contributed by atoms with Gasteiger partial charge in [-0.3, -0.25) is 4.79 Å². The van der Waals surface area contributed by atoms with Crippen LogP contribution in [0.5, 0.6) is 0 Å². The molecule has 1 N–H and O–H groups in total. The van der Waals surface area contributed by atoms with E-state index in [1.807, 2.05) is 11.8 Å². The lowest BCUT2D eigenvalue weighted by atomic mass is 9.53. The SMILES string of the molecule is CSC1(C2NC(=O)C23CCC3)CCC1. The Hall–Kier alpha value is -0.180. The second-order valence-corrected chi connectivity index (χ2v) is 6.26. The highest BCUT2D eigenvalue weighted by atomic mass is 32.2. The molecule has 1 aliphatic heterocycles. The first kappa shape index (κ1) is 9.08. The van der Waals surface area contributed by atoms with Crippen LogP contribution in [0, 0.1) is 5.41 Å². The Bertz CT molecular complexity index is 276. The van der Waals surface area contributed by atoms with Crippen molar-refractivity contribution in [1.29, 1.82) is 0 Å². The van der Waals surface area contributed by atoms with Crippen LogP contribution in [-0.4, -0.2) is 23.0 Å². The third kappa shape index (κ3) is 0.830. The lowest BCUT2D eigenvalue weighted by molar-refractivity contribution is -0.158. The average molecular weight is 211 g/mol. The van der Waals surface area contributed by atoms with Gasteiger partial charge in [-0.2, -0.15) is 11.8 Å². The molecule has 3 aliphatic rings. The summed E-state index contributed by atoms with van der Waals surface area (Å²) < 4.78 is 0.411. The highest BCUT2D eigenvalue weighted by Gasteiger charge is 2.66. The standard InChI is InChI=1S/C11H17NOS/c1-14-11(6-3-7-11)8-10(4-2-5-10)9(13)12-8/h8H,2-7H2,1H3,(H,12,13). The van der Waals surface area contributed by atoms with Gasteiger partial charge in [-0.1, -0.05) is 12.8 Å². The van der Waals surface area contributed by atoms with Gasteiger partial charge in [0.25, 0.3) is 0 Å². The van der Waals surface area contributed by atoms with Gasteiger partial charge in [-0.25, -0.2) is 0 Å². The highest BCUT2D eigenvalue weighted by molar-refractivity contribution is 8.00. The minimum atomic E-state index is 0.0867. The largest absolute Gasteiger partial charge is 0.350 e. The fourth-order valence-electron chi connectivity index (χ4n) is 3.31. The van der Waals surface area contributed by atoms with Crippen molar-refractivity contribution in [3.63, 3.8) is 0 Å². The molecule has 1 atom stereocenters. The second-order valence-electron chi connectivity index (χ2n) is 5.04. The molecule has 2 aliphatic carbocycles. The summed E-state index contributed by atoms with van der Waals surface area (Å²) in [6.45, 7) is 0. The van der Waals surface area contributed by atoms with Crippen molar-refractivity contribution in [2.75, 3.05) is 6.26 Å². The van der Waals surface area contributed by atoms with Crippen molar-refractivity contribution < 1.29 is 4.79 Å². The van der Waals surface area contributed by atoms with Crippen LogP contribution in [0.25, 0.3) is 0 Å². The van der Waals surface area contributed by atoms with Crippen molar-refractivity contribution in [2.24, 2.45) is 5.41 Å². The summed E-state index contributed by atoms with van der Waals surface area (Å²) >= 11 is 1.98. The Labute approximate surface area is 89.2 Å². The summed E-state index contributed by atoms with van der Waals surface area (Å²) in [7, 11) is 0. The van der Waals surface area contributed by atoms with E-state index in [0.717, 1.165) is 12.8 Å². The first-order valence-corrected chi connectivity index (χ1v) is 6.82. The van der Waals surface area contributed by atoms with Crippen molar-refractivity contribution in [3.8, 4) is 0 Å². The van der Waals surface area contributed by atoms with Crippen LogP contribution < -0.4 is 5.32 Å². The van der Waals surface area contributed by atoms with Gasteiger partial charge < -0.3 is 5.32 Å². The van der Waals surface area contributed by atoms with E-state index in [0.29, 0.717) is 16.7 Å². The summed E-state index contributed by atoms with van der Waals surface area (Å²) in [5.74, 6) is 0.342. The Morgan fingerprint density at radius 3 is 2.21 bits per heavy atom. The normalized spacial score (nSPS) is 36.6. The molecule has 0 aromatic carbocycles. The van der Waals surface area contributed by atoms with E-state index in [4.69, 9.17) is 0 Å². The van der Waals surface area contributed by atoms with Gasteiger partial charge in [0.05, 0.1) is 11.5 Å². The third-order valence-corrected chi connectivity index (χ3v) is 6.12. The maximum atomic E-state index is 11.6. The molecule has 1 amide bonds. The van der Waals surface area contributed by atoms with Crippen LogP contribution in [0.1, 0.15) is 38.5 Å². The molecule has 1 heterocycles. The molecule has 3 heteroatoms. The van der Waals surface area contributed by atoms with E-state index in [9.17, 15) is 4.79 Å². The zero-order chi connectivity index (χ0) is 9.81. The predicted molar refractivity (Wildman–Crippen MR) is 58.3 cm³/mol. The number of hydrogen-bond donors (Lipinski definition) is 1. The molecule has 0 aromatic rings. The van der Waals surface area contributed by atoms with Gasteiger partial charge >= 0.3 is 0 Å². The van der Waals surface area contributed by atoms with Gasteiger partial charge in [0.15, 0.2) is 0 Å². The van der Waals surface area contributed by atoms with Crippen LogP contribution in [0.15, 0.2) is 0 Å². The van der Waals surface area contributed by atoms with Gasteiger partial charge in [0.1, 0.15) is 0 Å². The second kappa shape index (κ2) is 2.69. The lowest BCUT2D eigenvalue weighted by Crippen LogP contribution is -2.77. The van der Waals surface area contributed by atoms with Crippen LogP contribution in [-0.2, 0) is 4.79 Å². The fraction of sp³-hybridized carbons (Fsp3) is 0.909. The average Bonchev–Trinajstić information content (AvgIpc) is 1.98. The zero-order valence-corrected chi connectivity index (χ0v) is 9.45. The molecule has 0 bridgehead atoms. The molecule has 14 heavy (non-hydrogen) atoms. The Morgan fingerprint density at radius 2 is 1.93 bits per heavy atom. The molecule has 0 radical (unpaired) electrons. The van der Waals surface area contributed by atoms with E-state index in [1.54, 1.807) is 0 Å². The maximum Gasteiger partial charge on any atom is 0.228 e. The first-order valence-electron chi connectivity index (χ1n) is 5.60. The number of β-lactam (4-membered cyclic amide) rings is 1. The summed E-state index contributed by atoms with van der Waals surface area (Å²) in [4.78, 5) is 11.6. The van der Waals surface area contributed by atoms with Crippen LogP contribution in [0.4, 0.5) is 0 Å². The van der Waals surface area contributed by atoms with Crippen LogP contribution in [0.2, 0.25) is 0 Å².